The summed E-state index contributed by atoms with van der Waals surface area (Å²) in [6.45, 7) is 10.4. The van der Waals surface area contributed by atoms with Crippen molar-refractivity contribution in [1.29, 1.82) is 0 Å². The molecule has 0 aromatic heterocycles. The van der Waals surface area contributed by atoms with Crippen LogP contribution >= 0.6 is 18.6 Å². The average Bonchev–Trinajstić information content (AvgIpc) is 2.89. The molecular formula is C22H41Cl2NTi-2. The Labute approximate surface area is 180 Å². The average molecular weight is 438 g/mol. The van der Waals surface area contributed by atoms with Crippen molar-refractivity contribution in [3.05, 3.63) is 12.7 Å². The Balaban J connectivity index is 0.000000791. The molecule has 0 radical (unpaired) electrons. The topological polar surface area (TPSA) is 14.1 Å². The summed E-state index contributed by atoms with van der Waals surface area (Å²) in [5, 5.41) is 5.02. The Bertz CT molecular complexity index is 379. The van der Waals surface area contributed by atoms with Crippen LogP contribution in [0.1, 0.15) is 85.5 Å². The van der Waals surface area contributed by atoms with Gasteiger partial charge in [0.25, 0.3) is 0 Å². The van der Waals surface area contributed by atoms with E-state index in [2.05, 4.69) is 27.7 Å². The van der Waals surface area contributed by atoms with E-state index < -0.39 is 17.0 Å². The van der Waals surface area contributed by atoms with Crippen LogP contribution in [0.4, 0.5) is 0 Å². The van der Waals surface area contributed by atoms with Gasteiger partial charge in [-0.3, -0.25) is 0 Å². The van der Waals surface area contributed by atoms with E-state index in [1.807, 2.05) is 0 Å². The van der Waals surface area contributed by atoms with Gasteiger partial charge in [-0.05, 0) is 48.9 Å². The summed E-state index contributed by atoms with van der Waals surface area (Å²) in [5.74, 6) is 5.99. The first-order valence-corrected chi connectivity index (χ1v) is 14.8. The monoisotopic (exact) mass is 437 g/mol. The molecule has 4 heteroatoms. The van der Waals surface area contributed by atoms with Gasteiger partial charge in [0.05, 0.1) is 0 Å². The molecule has 3 aliphatic carbocycles. The van der Waals surface area contributed by atoms with Crippen LogP contribution in [-0.4, -0.2) is 12.1 Å². The molecule has 1 nitrogen and oxygen atoms in total. The van der Waals surface area contributed by atoms with E-state index in [1.54, 1.807) is 19.3 Å². The third-order valence-corrected chi connectivity index (χ3v) is 7.13. The molecule has 0 aliphatic heterocycles. The number of hydrogen-bond donors (Lipinski definition) is 0. The third-order valence-electron chi connectivity index (χ3n) is 7.13. The second-order valence-electron chi connectivity index (χ2n) is 9.78. The Morgan fingerprint density at radius 2 is 1.46 bits per heavy atom. The van der Waals surface area contributed by atoms with Crippen molar-refractivity contribution in [3.63, 3.8) is 0 Å². The molecule has 3 aliphatic rings. The van der Waals surface area contributed by atoms with Gasteiger partial charge in [0.2, 0.25) is 0 Å². The molecule has 3 saturated carbocycles. The first-order valence-electron chi connectivity index (χ1n) is 10.5. The van der Waals surface area contributed by atoms with E-state index >= 15 is 0 Å². The van der Waals surface area contributed by atoms with E-state index in [0.717, 1.165) is 42.1 Å². The summed E-state index contributed by atoms with van der Waals surface area (Å²) >= 11 is -0.556. The van der Waals surface area contributed by atoms with Crippen LogP contribution in [0.15, 0.2) is 0 Å². The van der Waals surface area contributed by atoms with Crippen molar-refractivity contribution in [1.82, 2.24) is 0 Å². The summed E-state index contributed by atoms with van der Waals surface area (Å²) < 4.78 is 0. The van der Waals surface area contributed by atoms with Crippen molar-refractivity contribution in [2.75, 3.05) is 6.54 Å². The normalized spacial score (nSPS) is 34.9. The molecule has 0 amide bonds. The fourth-order valence-corrected chi connectivity index (χ4v) is 6.08. The van der Waals surface area contributed by atoms with Crippen LogP contribution in [0.25, 0.3) is 5.32 Å². The number of rotatable bonds is 3. The van der Waals surface area contributed by atoms with Crippen molar-refractivity contribution in [3.8, 4) is 0 Å². The quantitative estimate of drug-likeness (QED) is 0.311. The molecule has 0 bridgehead atoms. The molecule has 0 N–H and O–H groups in total. The van der Waals surface area contributed by atoms with Gasteiger partial charge in [-0.15, -0.1) is 12.1 Å². The maximum absolute atomic E-state index is 5.02. The van der Waals surface area contributed by atoms with Crippen molar-refractivity contribution < 1.29 is 17.0 Å². The zero-order chi connectivity index (χ0) is 18.4. The molecule has 26 heavy (non-hydrogen) atoms. The number of nitrogens with zero attached hydrogens (tertiary/aromatic N) is 1. The SMILES string of the molecule is C[C@@H]1CC2C(C3CCCCC3)CCCC2C1C[N-]C(C)(C)C.[CH3-].[Cl][Ti][Cl]. The van der Waals surface area contributed by atoms with E-state index in [1.165, 1.54) is 38.5 Å². The van der Waals surface area contributed by atoms with Gasteiger partial charge in [-0.2, -0.15) is 0 Å². The van der Waals surface area contributed by atoms with E-state index in [-0.39, 0.29) is 13.0 Å². The first kappa shape index (κ1) is 25.3. The van der Waals surface area contributed by atoms with E-state index in [9.17, 15) is 0 Å². The molecule has 0 saturated heterocycles. The van der Waals surface area contributed by atoms with Crippen molar-refractivity contribution >= 4 is 18.6 Å². The summed E-state index contributed by atoms with van der Waals surface area (Å²) in [6.07, 6.45) is 13.7. The first-order chi connectivity index (χ1) is 11.9. The Morgan fingerprint density at radius 1 is 0.885 bits per heavy atom. The Hall–Kier alpha value is 1.25. The standard InChI is InChI=1S/C21H38N.CH3.2ClH.Ti/c1-15-13-19-17(16-9-6-5-7-10-16)11-8-12-18(19)20(15)14-22-21(2,3)4;;;;/h15-20H,5-14H2,1-4H3;1H3;2*1H;/q2*-1;;;+2/p-2/t15-,17?,18?,19?,20?;;;;/m1..../s1. The second kappa shape index (κ2) is 12.1. The number of fused-ring (bicyclic) bond motifs is 1. The van der Waals surface area contributed by atoms with Gasteiger partial charge in [-0.25, -0.2) is 0 Å². The molecule has 4 unspecified atom stereocenters. The molecule has 0 heterocycles. The molecule has 0 spiro atoms. The summed E-state index contributed by atoms with van der Waals surface area (Å²) in [7, 11) is 9.78. The van der Waals surface area contributed by atoms with Gasteiger partial charge in [0.1, 0.15) is 0 Å². The molecule has 3 fully saturated rings. The van der Waals surface area contributed by atoms with E-state index in [4.69, 9.17) is 23.9 Å². The van der Waals surface area contributed by atoms with Gasteiger partial charge < -0.3 is 12.7 Å². The minimum absolute atomic E-state index is 0. The fourth-order valence-electron chi connectivity index (χ4n) is 6.08. The third kappa shape index (κ3) is 7.25. The Kier molecular flexibility index (Phi) is 11.7. The predicted octanol–water partition coefficient (Wildman–Crippen LogP) is 8.25. The number of halogens is 2. The molecular weight excluding hydrogens is 397 g/mol. The molecule has 0 aromatic carbocycles. The van der Waals surface area contributed by atoms with E-state index in [0.29, 0.717) is 0 Å². The molecule has 154 valence electrons. The van der Waals surface area contributed by atoms with Gasteiger partial charge >= 0.3 is 35.6 Å². The van der Waals surface area contributed by atoms with Crippen LogP contribution in [0, 0.1) is 42.9 Å². The van der Waals surface area contributed by atoms with Crippen LogP contribution in [0.3, 0.4) is 0 Å². The Morgan fingerprint density at radius 3 is 2.04 bits per heavy atom. The zero-order valence-electron chi connectivity index (χ0n) is 17.7. The van der Waals surface area contributed by atoms with Crippen LogP contribution in [0.2, 0.25) is 0 Å². The number of hydrogen-bond acceptors (Lipinski definition) is 0. The second-order valence-corrected chi connectivity index (χ2v) is 12.4. The predicted molar refractivity (Wildman–Crippen MR) is 114 cm³/mol. The summed E-state index contributed by atoms with van der Waals surface area (Å²) in [5.41, 5.74) is 0.148. The van der Waals surface area contributed by atoms with Crippen LogP contribution in [-0.2, 0) is 17.0 Å². The van der Waals surface area contributed by atoms with Gasteiger partial charge in [0.15, 0.2) is 0 Å². The fraction of sp³-hybridized carbons (Fsp3) is 0.955. The summed E-state index contributed by atoms with van der Waals surface area (Å²) in [6, 6.07) is 0. The maximum atomic E-state index is 5.02. The molecule has 5 atom stereocenters. The van der Waals surface area contributed by atoms with Crippen LogP contribution < -0.4 is 0 Å². The molecule has 3 rings (SSSR count). The molecule has 0 aromatic rings. The van der Waals surface area contributed by atoms with Crippen molar-refractivity contribution in [2.45, 2.75) is 91.0 Å². The van der Waals surface area contributed by atoms with Crippen LogP contribution in [0.5, 0.6) is 0 Å². The summed E-state index contributed by atoms with van der Waals surface area (Å²) in [4.78, 5) is 0. The zero-order valence-corrected chi connectivity index (χ0v) is 20.8. The minimum atomic E-state index is -0.556. The van der Waals surface area contributed by atoms with Gasteiger partial charge in [-0.1, -0.05) is 72.1 Å². The van der Waals surface area contributed by atoms with Crippen molar-refractivity contribution in [2.24, 2.45) is 35.5 Å². The van der Waals surface area contributed by atoms with Gasteiger partial charge in [0, 0.05) is 0 Å².